The quantitative estimate of drug-likeness (QED) is 0.653. The van der Waals surface area contributed by atoms with E-state index >= 15 is 0 Å². The molecule has 17 heavy (non-hydrogen) atoms. The Bertz CT molecular complexity index is 348. The van der Waals surface area contributed by atoms with Crippen molar-refractivity contribution < 1.29 is 0 Å². The normalized spacial score (nSPS) is 16.1. The average molecular weight is 248 g/mol. The van der Waals surface area contributed by atoms with E-state index in [2.05, 4.69) is 40.6 Å². The maximum atomic E-state index is 4.56. The van der Waals surface area contributed by atoms with Gasteiger partial charge in [-0.25, -0.2) is 0 Å². The highest BCUT2D eigenvalue weighted by Crippen LogP contribution is 2.15. The van der Waals surface area contributed by atoms with Crippen molar-refractivity contribution in [3.05, 3.63) is 30.3 Å². The van der Waals surface area contributed by atoms with E-state index in [0.29, 0.717) is 0 Å². The number of thioether (sulfide) groups is 1. The maximum Gasteiger partial charge on any atom is 0.0963 e. The lowest BCUT2D eigenvalue weighted by atomic mass is 10.2. The third-order valence-electron chi connectivity index (χ3n) is 2.82. The lowest BCUT2D eigenvalue weighted by molar-refractivity contribution is 0.729. The van der Waals surface area contributed by atoms with E-state index in [1.54, 1.807) is 0 Å². The Kier molecular flexibility index (Phi) is 5.43. The van der Waals surface area contributed by atoms with Crippen LogP contribution in [0.15, 0.2) is 40.2 Å². The van der Waals surface area contributed by atoms with Crippen LogP contribution in [0.25, 0.3) is 0 Å². The van der Waals surface area contributed by atoms with Crippen LogP contribution in [0.2, 0.25) is 0 Å². The van der Waals surface area contributed by atoms with Gasteiger partial charge < -0.3 is 5.32 Å². The van der Waals surface area contributed by atoms with Crippen molar-refractivity contribution in [2.75, 3.05) is 18.8 Å². The summed E-state index contributed by atoms with van der Waals surface area (Å²) in [6, 6.07) is 10.6. The van der Waals surface area contributed by atoms with Gasteiger partial charge in [-0.1, -0.05) is 24.6 Å². The molecule has 0 radical (unpaired) electrons. The molecule has 0 saturated heterocycles. The van der Waals surface area contributed by atoms with E-state index < -0.39 is 0 Å². The molecule has 1 aliphatic heterocycles. The van der Waals surface area contributed by atoms with Crippen LogP contribution in [0.4, 0.5) is 0 Å². The van der Waals surface area contributed by atoms with Crippen LogP contribution in [0.3, 0.4) is 0 Å². The van der Waals surface area contributed by atoms with Crippen molar-refractivity contribution in [2.24, 2.45) is 4.99 Å². The highest BCUT2D eigenvalue weighted by molar-refractivity contribution is 7.99. The molecule has 0 unspecified atom stereocenters. The van der Waals surface area contributed by atoms with E-state index in [1.165, 1.54) is 30.0 Å². The Labute approximate surface area is 108 Å². The van der Waals surface area contributed by atoms with Crippen LogP contribution in [0, 0.1) is 0 Å². The minimum absolute atomic E-state index is 1.01. The Morgan fingerprint density at radius 1 is 1.12 bits per heavy atom. The summed E-state index contributed by atoms with van der Waals surface area (Å²) in [5.41, 5.74) is 0. The summed E-state index contributed by atoms with van der Waals surface area (Å²) in [5.74, 6) is 2.32. The zero-order valence-corrected chi connectivity index (χ0v) is 11.0. The fourth-order valence-corrected chi connectivity index (χ4v) is 2.69. The smallest absolute Gasteiger partial charge is 0.0963 e. The molecule has 1 aromatic carbocycles. The molecule has 0 atom stereocenters. The molecule has 92 valence electrons. The van der Waals surface area contributed by atoms with Gasteiger partial charge in [0.1, 0.15) is 0 Å². The molecule has 0 bridgehead atoms. The minimum atomic E-state index is 1.01. The minimum Gasteiger partial charge on any atom is -0.373 e. The Balaban J connectivity index is 1.64. The molecule has 1 aliphatic rings. The van der Waals surface area contributed by atoms with E-state index in [1.807, 2.05) is 11.8 Å². The molecular formula is C14H20N2S. The number of benzene rings is 1. The first-order valence-corrected chi connectivity index (χ1v) is 7.39. The molecule has 3 heteroatoms. The van der Waals surface area contributed by atoms with E-state index in [4.69, 9.17) is 0 Å². The summed E-state index contributed by atoms with van der Waals surface area (Å²) in [6.07, 6.45) is 5.01. The molecule has 0 fully saturated rings. The van der Waals surface area contributed by atoms with Gasteiger partial charge in [-0.3, -0.25) is 4.99 Å². The summed E-state index contributed by atoms with van der Waals surface area (Å²) >= 11 is 1.90. The number of hydrogen-bond donors (Lipinski definition) is 1. The third-order valence-corrected chi connectivity index (χ3v) is 3.83. The molecule has 0 aliphatic carbocycles. The van der Waals surface area contributed by atoms with Gasteiger partial charge in [-0.15, -0.1) is 11.8 Å². The van der Waals surface area contributed by atoms with Gasteiger partial charge in [-0.05, 0) is 25.0 Å². The molecule has 0 saturated carbocycles. The zero-order chi connectivity index (χ0) is 11.8. The average Bonchev–Trinajstić information content (AvgIpc) is 2.65. The van der Waals surface area contributed by atoms with Crippen LogP contribution in [-0.4, -0.2) is 24.7 Å². The van der Waals surface area contributed by atoms with Crippen LogP contribution < -0.4 is 5.32 Å². The van der Waals surface area contributed by atoms with Crippen LogP contribution in [0.1, 0.15) is 25.7 Å². The largest absolute Gasteiger partial charge is 0.373 e. The first kappa shape index (κ1) is 12.5. The van der Waals surface area contributed by atoms with Crippen molar-refractivity contribution in [1.82, 2.24) is 5.32 Å². The summed E-state index contributed by atoms with van der Waals surface area (Å²) in [4.78, 5) is 5.91. The molecule has 1 heterocycles. The molecule has 2 rings (SSSR count). The summed E-state index contributed by atoms with van der Waals surface area (Å²) in [6.45, 7) is 2.02. The summed E-state index contributed by atoms with van der Waals surface area (Å²) in [5, 5.41) is 3.46. The number of nitrogens with one attached hydrogen (secondary N) is 1. The van der Waals surface area contributed by atoms with E-state index in [-0.39, 0.29) is 0 Å². The second kappa shape index (κ2) is 7.38. The van der Waals surface area contributed by atoms with Crippen LogP contribution >= 0.6 is 11.8 Å². The van der Waals surface area contributed by atoms with Gasteiger partial charge in [0.2, 0.25) is 0 Å². The van der Waals surface area contributed by atoms with E-state index in [9.17, 15) is 0 Å². The first-order valence-electron chi connectivity index (χ1n) is 6.40. The molecule has 1 N–H and O–H groups in total. The van der Waals surface area contributed by atoms with Crippen molar-refractivity contribution in [3.63, 3.8) is 0 Å². The standard InChI is InChI=1S/C14H20N2S/c1-3-7-13(8-4-1)17-12-11-16-14-9-5-2-6-10-15-14/h1,3-4,7-8H,2,5-6,9-12H2,(H,15,16). The number of rotatable bonds is 4. The van der Waals surface area contributed by atoms with Gasteiger partial charge in [0, 0.05) is 30.2 Å². The second-order valence-corrected chi connectivity index (χ2v) is 5.40. The summed E-state index contributed by atoms with van der Waals surface area (Å²) in [7, 11) is 0. The fraction of sp³-hybridized carbons (Fsp3) is 0.500. The number of amidine groups is 1. The van der Waals surface area contributed by atoms with Gasteiger partial charge in [0.05, 0.1) is 5.84 Å². The maximum absolute atomic E-state index is 4.56. The van der Waals surface area contributed by atoms with Crippen molar-refractivity contribution in [1.29, 1.82) is 0 Å². The summed E-state index contributed by atoms with van der Waals surface area (Å²) < 4.78 is 0. The Morgan fingerprint density at radius 3 is 2.88 bits per heavy atom. The highest BCUT2D eigenvalue weighted by Gasteiger charge is 2.02. The third kappa shape index (κ3) is 4.82. The van der Waals surface area contributed by atoms with Crippen LogP contribution in [-0.2, 0) is 0 Å². The predicted octanol–water partition coefficient (Wildman–Crippen LogP) is 3.34. The van der Waals surface area contributed by atoms with Gasteiger partial charge in [0.15, 0.2) is 0 Å². The molecule has 0 spiro atoms. The van der Waals surface area contributed by atoms with Crippen LogP contribution in [0.5, 0.6) is 0 Å². The number of hydrogen-bond acceptors (Lipinski definition) is 3. The predicted molar refractivity (Wildman–Crippen MR) is 75.9 cm³/mol. The first-order chi connectivity index (χ1) is 8.45. The van der Waals surface area contributed by atoms with Crippen molar-refractivity contribution in [2.45, 2.75) is 30.6 Å². The SMILES string of the molecule is c1ccc(SCCNC2=NCCCCC2)cc1. The lowest BCUT2D eigenvalue weighted by Gasteiger charge is -2.07. The molecule has 2 nitrogen and oxygen atoms in total. The number of nitrogens with zero attached hydrogens (tertiary/aromatic N) is 1. The molecule has 0 aromatic heterocycles. The fourth-order valence-electron chi connectivity index (χ4n) is 1.90. The second-order valence-electron chi connectivity index (χ2n) is 4.23. The monoisotopic (exact) mass is 248 g/mol. The highest BCUT2D eigenvalue weighted by atomic mass is 32.2. The lowest BCUT2D eigenvalue weighted by Crippen LogP contribution is -2.25. The zero-order valence-electron chi connectivity index (χ0n) is 10.2. The van der Waals surface area contributed by atoms with E-state index in [0.717, 1.165) is 25.3 Å². The Morgan fingerprint density at radius 2 is 2.00 bits per heavy atom. The molecule has 1 aromatic rings. The van der Waals surface area contributed by atoms with Gasteiger partial charge >= 0.3 is 0 Å². The topological polar surface area (TPSA) is 24.4 Å². The van der Waals surface area contributed by atoms with Crippen molar-refractivity contribution in [3.8, 4) is 0 Å². The Hall–Kier alpha value is -0.960. The molecule has 0 amide bonds. The molecular weight excluding hydrogens is 228 g/mol. The van der Waals surface area contributed by atoms with Gasteiger partial charge in [0.25, 0.3) is 0 Å². The van der Waals surface area contributed by atoms with Crippen molar-refractivity contribution >= 4 is 17.6 Å². The number of aliphatic imine (C=N–C) groups is 1. The van der Waals surface area contributed by atoms with Gasteiger partial charge in [-0.2, -0.15) is 0 Å².